The molecule has 0 atom stereocenters. The predicted molar refractivity (Wildman–Crippen MR) is 69.8 cm³/mol. The Kier molecular flexibility index (Phi) is 2.87. The molecule has 3 nitrogen and oxygen atoms in total. The molecule has 19 heavy (non-hydrogen) atoms. The highest BCUT2D eigenvalue weighted by Gasteiger charge is 2.06. The lowest BCUT2D eigenvalue weighted by Crippen LogP contribution is -2.00. The number of hydrogen-bond acceptors (Lipinski definition) is 2. The molecule has 0 saturated heterocycles. The Hall–Kier alpha value is -2.43. The summed E-state index contributed by atoms with van der Waals surface area (Å²) in [4.78, 5) is 0. The summed E-state index contributed by atoms with van der Waals surface area (Å²) in [5, 5.41) is 10.6. The van der Waals surface area contributed by atoms with Gasteiger partial charge in [-0.05, 0) is 35.9 Å². The largest absolute Gasteiger partial charge is 0.364 e. The van der Waals surface area contributed by atoms with Gasteiger partial charge < -0.3 is 5.32 Å². The molecule has 1 aromatic heterocycles. The number of aromatic nitrogens is 2. The van der Waals surface area contributed by atoms with Gasteiger partial charge in [0.15, 0.2) is 5.82 Å². The second-order valence-electron chi connectivity index (χ2n) is 4.25. The number of rotatable bonds is 3. The molecule has 0 unspecified atom stereocenters. The summed E-state index contributed by atoms with van der Waals surface area (Å²) < 4.78 is 26.2. The number of aromatic amines is 1. The first kappa shape index (κ1) is 11.6. The smallest absolute Gasteiger partial charge is 0.156 e. The van der Waals surface area contributed by atoms with Crippen LogP contribution in [0.15, 0.2) is 42.5 Å². The molecule has 2 N–H and O–H groups in total. The number of H-pyrrole nitrogens is 1. The van der Waals surface area contributed by atoms with Crippen LogP contribution in [-0.4, -0.2) is 10.2 Å². The van der Waals surface area contributed by atoms with E-state index in [1.54, 1.807) is 12.1 Å². The third kappa shape index (κ3) is 2.40. The third-order valence-electron chi connectivity index (χ3n) is 2.87. The van der Waals surface area contributed by atoms with E-state index in [-0.39, 0.29) is 11.6 Å². The van der Waals surface area contributed by atoms with Crippen LogP contribution in [0.1, 0.15) is 5.56 Å². The zero-order valence-electron chi connectivity index (χ0n) is 9.95. The van der Waals surface area contributed by atoms with Crippen molar-refractivity contribution in [3.05, 3.63) is 59.7 Å². The zero-order chi connectivity index (χ0) is 13.2. The topological polar surface area (TPSA) is 40.7 Å². The summed E-state index contributed by atoms with van der Waals surface area (Å²) in [6, 6.07) is 10.7. The van der Waals surface area contributed by atoms with Crippen molar-refractivity contribution >= 4 is 16.7 Å². The van der Waals surface area contributed by atoms with Crippen LogP contribution in [0, 0.1) is 11.6 Å². The lowest BCUT2D eigenvalue weighted by molar-refractivity contribution is 0.626. The number of anilines is 1. The number of nitrogens with zero attached hydrogens (tertiary/aromatic N) is 1. The maximum absolute atomic E-state index is 13.2. The monoisotopic (exact) mass is 259 g/mol. The SMILES string of the molecule is Fc1cccc(CNc2n[nH]c3ccc(F)cc23)c1. The molecule has 0 bridgehead atoms. The van der Waals surface area contributed by atoms with E-state index in [4.69, 9.17) is 0 Å². The van der Waals surface area contributed by atoms with Gasteiger partial charge in [-0.25, -0.2) is 8.78 Å². The molecule has 0 fully saturated rings. The van der Waals surface area contributed by atoms with Crippen LogP contribution in [0.4, 0.5) is 14.6 Å². The maximum atomic E-state index is 13.2. The fraction of sp³-hybridized carbons (Fsp3) is 0.0714. The number of hydrogen-bond donors (Lipinski definition) is 2. The minimum Gasteiger partial charge on any atom is -0.364 e. The van der Waals surface area contributed by atoms with Gasteiger partial charge in [-0.2, -0.15) is 5.10 Å². The molecule has 0 spiro atoms. The number of fused-ring (bicyclic) bond motifs is 1. The minimum atomic E-state index is -0.317. The first-order chi connectivity index (χ1) is 9.22. The highest BCUT2D eigenvalue weighted by molar-refractivity contribution is 5.89. The van der Waals surface area contributed by atoms with Crippen LogP contribution in [-0.2, 0) is 6.54 Å². The van der Waals surface area contributed by atoms with Crippen molar-refractivity contribution in [2.24, 2.45) is 0 Å². The molecular weight excluding hydrogens is 248 g/mol. The van der Waals surface area contributed by atoms with Crippen molar-refractivity contribution in [3.63, 3.8) is 0 Å². The van der Waals surface area contributed by atoms with Crippen molar-refractivity contribution in [2.75, 3.05) is 5.32 Å². The summed E-state index contributed by atoms with van der Waals surface area (Å²) in [7, 11) is 0. The molecule has 0 amide bonds. The second kappa shape index (κ2) is 4.68. The average Bonchev–Trinajstić information content (AvgIpc) is 2.79. The van der Waals surface area contributed by atoms with Gasteiger partial charge >= 0.3 is 0 Å². The highest BCUT2D eigenvalue weighted by Crippen LogP contribution is 2.21. The van der Waals surface area contributed by atoms with E-state index in [0.29, 0.717) is 17.7 Å². The number of nitrogens with one attached hydrogen (secondary N) is 2. The van der Waals surface area contributed by atoms with Crippen molar-refractivity contribution in [3.8, 4) is 0 Å². The molecule has 0 aliphatic rings. The Labute approximate surface area is 108 Å². The van der Waals surface area contributed by atoms with Gasteiger partial charge in [0.1, 0.15) is 11.6 Å². The lowest BCUT2D eigenvalue weighted by atomic mass is 10.2. The first-order valence-corrected chi connectivity index (χ1v) is 5.84. The van der Waals surface area contributed by atoms with Gasteiger partial charge in [-0.1, -0.05) is 12.1 Å². The molecule has 0 saturated carbocycles. The van der Waals surface area contributed by atoms with Crippen molar-refractivity contribution in [1.29, 1.82) is 0 Å². The van der Waals surface area contributed by atoms with Gasteiger partial charge in [0.2, 0.25) is 0 Å². The fourth-order valence-corrected chi connectivity index (χ4v) is 1.95. The van der Waals surface area contributed by atoms with Crippen LogP contribution in [0.25, 0.3) is 10.9 Å². The Morgan fingerprint density at radius 2 is 1.89 bits per heavy atom. The summed E-state index contributed by atoms with van der Waals surface area (Å²) in [6.45, 7) is 0.425. The molecular formula is C14H11F2N3. The van der Waals surface area contributed by atoms with Crippen molar-refractivity contribution in [2.45, 2.75) is 6.54 Å². The first-order valence-electron chi connectivity index (χ1n) is 5.84. The van der Waals surface area contributed by atoms with Crippen LogP contribution in [0.3, 0.4) is 0 Å². The van der Waals surface area contributed by atoms with Crippen LogP contribution in [0.2, 0.25) is 0 Å². The fourth-order valence-electron chi connectivity index (χ4n) is 1.95. The summed E-state index contributed by atoms with van der Waals surface area (Å²) in [5.41, 5.74) is 1.55. The molecule has 3 rings (SSSR count). The van der Waals surface area contributed by atoms with Crippen molar-refractivity contribution in [1.82, 2.24) is 10.2 Å². The zero-order valence-corrected chi connectivity index (χ0v) is 9.95. The van der Waals surface area contributed by atoms with Crippen molar-refractivity contribution < 1.29 is 8.78 Å². The third-order valence-corrected chi connectivity index (χ3v) is 2.87. The van der Waals surface area contributed by atoms with Crippen LogP contribution < -0.4 is 5.32 Å². The quantitative estimate of drug-likeness (QED) is 0.756. The van der Waals surface area contributed by atoms with E-state index in [2.05, 4.69) is 15.5 Å². The van der Waals surface area contributed by atoms with E-state index in [1.165, 1.54) is 24.3 Å². The Morgan fingerprint density at radius 3 is 2.74 bits per heavy atom. The number of halogens is 2. The summed E-state index contributed by atoms with van der Waals surface area (Å²) in [6.07, 6.45) is 0. The van der Waals surface area contributed by atoms with Gasteiger partial charge in [-0.3, -0.25) is 5.10 Å². The molecule has 3 aromatic rings. The molecule has 96 valence electrons. The standard InChI is InChI=1S/C14H11F2N3/c15-10-3-1-2-9(6-10)8-17-14-12-7-11(16)4-5-13(12)18-19-14/h1-7H,8H2,(H2,17,18,19). The van der Waals surface area contributed by atoms with Crippen LogP contribution in [0.5, 0.6) is 0 Å². The highest BCUT2D eigenvalue weighted by atomic mass is 19.1. The van der Waals surface area contributed by atoms with E-state index in [0.717, 1.165) is 11.1 Å². The maximum Gasteiger partial charge on any atom is 0.156 e. The van der Waals surface area contributed by atoms with E-state index in [9.17, 15) is 8.78 Å². The lowest BCUT2D eigenvalue weighted by Gasteiger charge is -2.04. The van der Waals surface area contributed by atoms with E-state index in [1.807, 2.05) is 6.07 Å². The van der Waals surface area contributed by atoms with Gasteiger partial charge in [0.05, 0.1) is 5.52 Å². The summed E-state index contributed by atoms with van der Waals surface area (Å²) in [5.74, 6) is -0.0429. The summed E-state index contributed by atoms with van der Waals surface area (Å²) >= 11 is 0. The molecule has 0 radical (unpaired) electrons. The second-order valence-corrected chi connectivity index (χ2v) is 4.25. The molecule has 0 aliphatic heterocycles. The number of benzene rings is 2. The molecule has 5 heteroatoms. The Balaban J connectivity index is 1.84. The minimum absolute atomic E-state index is 0.280. The molecule has 0 aliphatic carbocycles. The Morgan fingerprint density at radius 1 is 1.05 bits per heavy atom. The van der Waals surface area contributed by atoms with Crippen LogP contribution >= 0.6 is 0 Å². The average molecular weight is 259 g/mol. The van der Waals surface area contributed by atoms with E-state index < -0.39 is 0 Å². The van der Waals surface area contributed by atoms with Gasteiger partial charge in [0.25, 0.3) is 0 Å². The normalized spacial score (nSPS) is 10.8. The molecule has 1 heterocycles. The van der Waals surface area contributed by atoms with Gasteiger partial charge in [-0.15, -0.1) is 0 Å². The van der Waals surface area contributed by atoms with Gasteiger partial charge in [0, 0.05) is 11.9 Å². The predicted octanol–water partition coefficient (Wildman–Crippen LogP) is 3.45. The molecule has 2 aromatic carbocycles. The van der Waals surface area contributed by atoms with E-state index >= 15 is 0 Å². The Bertz CT molecular complexity index is 722.